The van der Waals surface area contributed by atoms with Crippen molar-refractivity contribution in [2.75, 3.05) is 52.9 Å². The van der Waals surface area contributed by atoms with Crippen LogP contribution in [0.2, 0.25) is 0 Å². The fourth-order valence-electron chi connectivity index (χ4n) is 3.10. The zero-order valence-corrected chi connectivity index (χ0v) is 17.2. The molecule has 4 aliphatic heterocycles. The highest BCUT2D eigenvalue weighted by Crippen LogP contribution is 2.07. The molecule has 4 saturated heterocycles. The minimum atomic E-state index is 1.00. The average Bonchev–Trinajstić information content (AvgIpc) is 3.12. The van der Waals surface area contributed by atoms with E-state index < -0.39 is 0 Å². The molecule has 0 bridgehead atoms. The molecule has 4 fully saturated rings. The van der Waals surface area contributed by atoms with E-state index in [9.17, 15) is 0 Å². The molecule has 0 aromatic rings. The first-order valence-electron chi connectivity index (χ1n) is 11.3. The first-order valence-corrected chi connectivity index (χ1v) is 11.3. The fraction of sp³-hybridized carbons (Fsp3) is 1.00. The minimum absolute atomic E-state index is 1.00. The summed E-state index contributed by atoms with van der Waals surface area (Å²) in [5, 5.41) is 0. The van der Waals surface area contributed by atoms with Gasteiger partial charge in [0, 0.05) is 52.9 Å². The van der Waals surface area contributed by atoms with Crippen LogP contribution in [0.25, 0.3) is 0 Å². The van der Waals surface area contributed by atoms with Crippen LogP contribution in [0.3, 0.4) is 0 Å². The van der Waals surface area contributed by atoms with E-state index >= 15 is 0 Å². The van der Waals surface area contributed by atoms with Crippen LogP contribution < -0.4 is 0 Å². The molecule has 4 aliphatic rings. The molecule has 4 nitrogen and oxygen atoms in total. The number of hydrogen-bond acceptors (Lipinski definition) is 4. The number of rotatable bonds is 0. The van der Waals surface area contributed by atoms with Gasteiger partial charge in [-0.1, -0.05) is 32.1 Å². The van der Waals surface area contributed by atoms with Gasteiger partial charge < -0.3 is 18.9 Å². The molecule has 26 heavy (non-hydrogen) atoms. The molecule has 0 aliphatic carbocycles. The lowest BCUT2D eigenvalue weighted by atomic mass is 10.1. The predicted molar refractivity (Wildman–Crippen MR) is 108 cm³/mol. The van der Waals surface area contributed by atoms with Gasteiger partial charge in [0.15, 0.2) is 0 Å². The lowest BCUT2D eigenvalue weighted by Crippen LogP contribution is -2.03. The second-order valence-electron chi connectivity index (χ2n) is 7.40. The lowest BCUT2D eigenvalue weighted by molar-refractivity contribution is 0.0968. The summed E-state index contributed by atoms with van der Waals surface area (Å²) in [5.41, 5.74) is 0. The molecule has 4 heterocycles. The van der Waals surface area contributed by atoms with Gasteiger partial charge in [0.05, 0.1) is 0 Å². The first kappa shape index (κ1) is 23.9. The number of hydrogen-bond donors (Lipinski definition) is 0. The maximum atomic E-state index is 5.27. The molecule has 0 saturated carbocycles. The maximum Gasteiger partial charge on any atom is 0.0466 e. The van der Waals surface area contributed by atoms with Crippen molar-refractivity contribution in [2.45, 2.75) is 89.9 Å². The third-order valence-corrected chi connectivity index (χ3v) is 4.81. The summed E-state index contributed by atoms with van der Waals surface area (Å²) in [6.45, 7) is 8.00. The van der Waals surface area contributed by atoms with Gasteiger partial charge in [-0.3, -0.25) is 0 Å². The molecule has 0 aromatic carbocycles. The Morgan fingerprint density at radius 2 is 0.346 bits per heavy atom. The third kappa shape index (κ3) is 18.6. The predicted octanol–water partition coefficient (Wildman–Crippen LogP) is 5.53. The molecule has 0 radical (unpaired) electrons. The zero-order valence-electron chi connectivity index (χ0n) is 17.2. The van der Waals surface area contributed by atoms with Crippen molar-refractivity contribution in [2.24, 2.45) is 0 Å². The third-order valence-electron chi connectivity index (χ3n) is 4.81. The minimum Gasteiger partial charge on any atom is -0.381 e. The zero-order chi connectivity index (χ0) is 18.4. The van der Waals surface area contributed by atoms with Gasteiger partial charge in [0.2, 0.25) is 0 Å². The summed E-state index contributed by atoms with van der Waals surface area (Å²) in [5.74, 6) is 0. The van der Waals surface area contributed by atoms with Gasteiger partial charge in [-0.2, -0.15) is 0 Å². The van der Waals surface area contributed by atoms with Crippen molar-refractivity contribution in [3.63, 3.8) is 0 Å². The molecular formula is C22H44O4. The van der Waals surface area contributed by atoms with Gasteiger partial charge in [0.25, 0.3) is 0 Å². The highest BCUT2D eigenvalue weighted by molar-refractivity contribution is 4.48. The summed E-state index contributed by atoms with van der Waals surface area (Å²) < 4.78 is 20.5. The molecule has 0 atom stereocenters. The van der Waals surface area contributed by atoms with E-state index in [0.29, 0.717) is 0 Å². The van der Waals surface area contributed by atoms with E-state index in [-0.39, 0.29) is 0 Å². The normalized spacial score (nSPS) is 24.0. The average molecular weight is 373 g/mol. The summed E-state index contributed by atoms with van der Waals surface area (Å²) >= 11 is 0. The van der Waals surface area contributed by atoms with Crippen molar-refractivity contribution in [1.29, 1.82) is 0 Å². The van der Waals surface area contributed by atoms with Crippen molar-refractivity contribution >= 4 is 0 Å². The highest BCUT2D eigenvalue weighted by atomic mass is 16.5. The Hall–Kier alpha value is -0.160. The van der Waals surface area contributed by atoms with Gasteiger partial charge in [0.1, 0.15) is 0 Å². The van der Waals surface area contributed by atoms with Crippen LogP contribution >= 0.6 is 0 Å². The molecule has 0 spiro atoms. The highest BCUT2D eigenvalue weighted by Gasteiger charge is 1.97. The molecule has 156 valence electrons. The summed E-state index contributed by atoms with van der Waals surface area (Å²) in [6, 6.07) is 0. The van der Waals surface area contributed by atoms with E-state index in [1.807, 2.05) is 0 Å². The SMILES string of the molecule is C1CCCOCC1.C1CCCOCCC1.C1CCOC1.C1CCOCC1. The quantitative estimate of drug-likeness (QED) is 0.560. The van der Waals surface area contributed by atoms with Crippen molar-refractivity contribution < 1.29 is 18.9 Å². The van der Waals surface area contributed by atoms with Gasteiger partial charge >= 0.3 is 0 Å². The van der Waals surface area contributed by atoms with Crippen LogP contribution in [-0.4, -0.2) is 52.9 Å². The van der Waals surface area contributed by atoms with E-state index in [4.69, 9.17) is 18.9 Å². The Morgan fingerprint density at radius 1 is 0.192 bits per heavy atom. The topological polar surface area (TPSA) is 36.9 Å². The van der Waals surface area contributed by atoms with Crippen LogP contribution in [0.5, 0.6) is 0 Å². The van der Waals surface area contributed by atoms with Gasteiger partial charge in [-0.15, -0.1) is 0 Å². The van der Waals surface area contributed by atoms with E-state index in [1.54, 1.807) is 0 Å². The van der Waals surface area contributed by atoms with Crippen molar-refractivity contribution in [3.05, 3.63) is 0 Å². The van der Waals surface area contributed by atoms with Crippen molar-refractivity contribution in [1.82, 2.24) is 0 Å². The second-order valence-corrected chi connectivity index (χ2v) is 7.40. The van der Waals surface area contributed by atoms with Crippen LogP contribution in [0, 0.1) is 0 Å². The van der Waals surface area contributed by atoms with E-state index in [2.05, 4.69) is 0 Å². The largest absolute Gasteiger partial charge is 0.381 e. The first-order chi connectivity index (χ1) is 13.0. The molecule has 4 rings (SSSR count). The molecular weight excluding hydrogens is 328 g/mol. The van der Waals surface area contributed by atoms with Crippen LogP contribution in [0.4, 0.5) is 0 Å². The molecule has 0 amide bonds. The lowest BCUT2D eigenvalue weighted by Gasteiger charge is -2.08. The smallest absolute Gasteiger partial charge is 0.0466 e. The summed E-state index contributed by atoms with van der Waals surface area (Å²) in [7, 11) is 0. The Bertz CT molecular complexity index is 190. The van der Waals surface area contributed by atoms with Crippen LogP contribution in [0.15, 0.2) is 0 Å². The Balaban J connectivity index is 0.000000176. The van der Waals surface area contributed by atoms with E-state index in [0.717, 1.165) is 52.9 Å². The Kier molecular flexibility index (Phi) is 19.4. The Morgan fingerprint density at radius 3 is 0.538 bits per heavy atom. The monoisotopic (exact) mass is 372 g/mol. The molecule has 4 heteroatoms. The Labute approximate surface area is 162 Å². The molecule has 0 N–H and O–H groups in total. The summed E-state index contributed by atoms with van der Waals surface area (Å²) in [4.78, 5) is 0. The van der Waals surface area contributed by atoms with Crippen molar-refractivity contribution in [3.8, 4) is 0 Å². The molecule has 0 unspecified atom stereocenters. The molecule has 0 aromatic heterocycles. The van der Waals surface area contributed by atoms with Gasteiger partial charge in [-0.25, -0.2) is 0 Å². The van der Waals surface area contributed by atoms with Crippen LogP contribution in [0.1, 0.15) is 89.9 Å². The van der Waals surface area contributed by atoms with E-state index in [1.165, 1.54) is 89.9 Å². The van der Waals surface area contributed by atoms with Gasteiger partial charge in [-0.05, 0) is 57.8 Å². The van der Waals surface area contributed by atoms with Crippen LogP contribution in [-0.2, 0) is 18.9 Å². The maximum absolute atomic E-state index is 5.27. The fourth-order valence-corrected chi connectivity index (χ4v) is 3.10. The summed E-state index contributed by atoms with van der Waals surface area (Å²) in [6.07, 6.45) is 18.5. The standard InChI is InChI=1S/C7H14O.C6H12O.C5H10O.C4H8O/c1-2-4-6-8-7-5-3-1;1-2-4-6-7-5-3-1;1-2-4-6-5-3-1;1-2-4-5-3-1/h1-7H2;1-6H2;1-5H2;1-4H2. The second kappa shape index (κ2) is 21.1. The number of ether oxygens (including phenoxy) is 4.